The molecular weight excluding hydrogens is 312 g/mol. The second-order valence-electron chi connectivity index (χ2n) is 5.03. The largest absolute Gasteiger partial charge is 0.496 e. The van der Waals surface area contributed by atoms with Gasteiger partial charge in [-0.2, -0.15) is 5.10 Å². The maximum absolute atomic E-state index is 12.3. The quantitative estimate of drug-likeness (QED) is 0.663. The number of methoxy groups -OCH3 is 1. The van der Waals surface area contributed by atoms with Gasteiger partial charge in [-0.05, 0) is 42.7 Å². The van der Waals surface area contributed by atoms with Gasteiger partial charge in [0.1, 0.15) is 5.75 Å². The first-order valence-electron chi connectivity index (χ1n) is 7.32. The smallest absolute Gasteiger partial charge is 0.275 e. The fourth-order valence-corrected chi connectivity index (χ4v) is 2.27. The lowest BCUT2D eigenvalue weighted by molar-refractivity contribution is 0.0952. The molecule has 0 aromatic heterocycles. The van der Waals surface area contributed by atoms with Gasteiger partial charge < -0.3 is 4.74 Å². The number of nitrogens with zero attached hydrogens (tertiary/aromatic N) is 1. The summed E-state index contributed by atoms with van der Waals surface area (Å²) < 4.78 is 5.17. The van der Waals surface area contributed by atoms with Crippen LogP contribution in [0.3, 0.4) is 0 Å². The second kappa shape index (κ2) is 7.79. The summed E-state index contributed by atoms with van der Waals surface area (Å²) in [7, 11) is 1.50. The Hall–Kier alpha value is -2.33. The first kappa shape index (κ1) is 17.0. The molecule has 4 nitrogen and oxygen atoms in total. The number of benzene rings is 2. The van der Waals surface area contributed by atoms with Crippen LogP contribution in [0.2, 0.25) is 5.02 Å². The molecule has 0 bridgehead atoms. The van der Waals surface area contributed by atoms with Crippen molar-refractivity contribution in [3.63, 3.8) is 0 Å². The van der Waals surface area contributed by atoms with Gasteiger partial charge in [0.25, 0.3) is 5.91 Å². The zero-order valence-corrected chi connectivity index (χ0v) is 14.1. The van der Waals surface area contributed by atoms with E-state index in [4.69, 9.17) is 16.3 Å². The molecule has 0 heterocycles. The second-order valence-corrected chi connectivity index (χ2v) is 5.47. The van der Waals surface area contributed by atoms with E-state index >= 15 is 0 Å². The monoisotopic (exact) mass is 330 g/mol. The zero-order chi connectivity index (χ0) is 16.8. The van der Waals surface area contributed by atoms with E-state index in [0.29, 0.717) is 16.3 Å². The van der Waals surface area contributed by atoms with Crippen molar-refractivity contribution in [1.29, 1.82) is 0 Å². The van der Waals surface area contributed by atoms with Crippen molar-refractivity contribution in [2.75, 3.05) is 7.11 Å². The minimum atomic E-state index is -0.367. The molecule has 2 rings (SSSR count). The molecule has 0 aliphatic rings. The van der Waals surface area contributed by atoms with Crippen molar-refractivity contribution in [2.45, 2.75) is 20.3 Å². The van der Waals surface area contributed by atoms with Gasteiger partial charge in [0.15, 0.2) is 0 Å². The van der Waals surface area contributed by atoms with E-state index in [0.717, 1.165) is 17.7 Å². The third-order valence-corrected chi connectivity index (χ3v) is 3.75. The van der Waals surface area contributed by atoms with Crippen LogP contribution >= 0.6 is 11.6 Å². The minimum Gasteiger partial charge on any atom is -0.496 e. The summed E-state index contributed by atoms with van der Waals surface area (Å²) in [6.07, 6.45) is 0.988. The Morgan fingerprint density at radius 1 is 1.22 bits per heavy atom. The molecule has 0 saturated carbocycles. The van der Waals surface area contributed by atoms with Crippen LogP contribution in [0.25, 0.3) is 0 Å². The normalized spacial score (nSPS) is 11.2. The van der Waals surface area contributed by atoms with Gasteiger partial charge in [0.2, 0.25) is 0 Å². The number of hydrogen-bond donors (Lipinski definition) is 1. The molecule has 0 radical (unpaired) electrons. The Balaban J connectivity index is 2.15. The number of carbonyl (C=O) groups excluding carboxylic acids is 1. The Morgan fingerprint density at radius 3 is 2.52 bits per heavy atom. The van der Waals surface area contributed by atoms with Gasteiger partial charge in [-0.25, -0.2) is 5.43 Å². The van der Waals surface area contributed by atoms with Crippen LogP contribution in [-0.4, -0.2) is 18.7 Å². The average molecular weight is 331 g/mol. The van der Waals surface area contributed by atoms with Gasteiger partial charge in [-0.15, -0.1) is 0 Å². The lowest BCUT2D eigenvalue weighted by Crippen LogP contribution is -2.20. The molecule has 0 saturated heterocycles. The SMILES string of the molecule is CCc1ccc(C(C)=NNC(=O)c2cc(Cl)ccc2OC)cc1. The molecule has 23 heavy (non-hydrogen) atoms. The summed E-state index contributed by atoms with van der Waals surface area (Å²) in [5.74, 6) is 0.0842. The summed E-state index contributed by atoms with van der Waals surface area (Å²) >= 11 is 5.93. The Bertz CT molecular complexity index is 724. The topological polar surface area (TPSA) is 50.7 Å². The van der Waals surface area contributed by atoms with E-state index in [-0.39, 0.29) is 5.91 Å². The van der Waals surface area contributed by atoms with Crippen molar-refractivity contribution < 1.29 is 9.53 Å². The highest BCUT2D eigenvalue weighted by Crippen LogP contribution is 2.22. The lowest BCUT2D eigenvalue weighted by Gasteiger charge is -2.08. The predicted octanol–water partition coefficient (Wildman–Crippen LogP) is 4.07. The highest BCUT2D eigenvalue weighted by Gasteiger charge is 2.12. The van der Waals surface area contributed by atoms with E-state index in [1.807, 2.05) is 19.1 Å². The summed E-state index contributed by atoms with van der Waals surface area (Å²) in [6, 6.07) is 13.0. The number of hydrogen-bond acceptors (Lipinski definition) is 3. The number of rotatable bonds is 5. The molecule has 0 atom stereocenters. The minimum absolute atomic E-state index is 0.345. The van der Waals surface area contributed by atoms with Crippen molar-refractivity contribution in [1.82, 2.24) is 5.43 Å². The molecule has 2 aromatic rings. The van der Waals surface area contributed by atoms with Crippen LogP contribution in [0.1, 0.15) is 35.3 Å². The number of carbonyl (C=O) groups is 1. The van der Waals surface area contributed by atoms with Crippen LogP contribution in [0, 0.1) is 0 Å². The fourth-order valence-electron chi connectivity index (χ4n) is 2.10. The third-order valence-electron chi connectivity index (χ3n) is 3.51. The third kappa shape index (κ3) is 4.33. The molecular formula is C18H19ClN2O2. The maximum Gasteiger partial charge on any atom is 0.275 e. The number of aryl methyl sites for hydroxylation is 1. The molecule has 0 aliphatic carbocycles. The van der Waals surface area contributed by atoms with Gasteiger partial charge >= 0.3 is 0 Å². The van der Waals surface area contributed by atoms with Crippen LogP contribution in [-0.2, 0) is 6.42 Å². The fraction of sp³-hybridized carbons (Fsp3) is 0.222. The highest BCUT2D eigenvalue weighted by atomic mass is 35.5. The van der Waals surface area contributed by atoms with Gasteiger partial charge in [-0.3, -0.25) is 4.79 Å². The molecule has 0 fully saturated rings. The highest BCUT2D eigenvalue weighted by molar-refractivity contribution is 6.31. The van der Waals surface area contributed by atoms with Crippen molar-refractivity contribution in [2.24, 2.45) is 5.10 Å². The standard InChI is InChI=1S/C18H19ClN2O2/c1-4-13-5-7-14(8-6-13)12(2)20-21-18(22)16-11-15(19)9-10-17(16)23-3/h5-11H,4H2,1-3H3,(H,21,22). The molecule has 120 valence electrons. The molecule has 1 amide bonds. The van der Waals surface area contributed by atoms with Crippen molar-refractivity contribution >= 4 is 23.2 Å². The van der Waals surface area contributed by atoms with Crippen LogP contribution < -0.4 is 10.2 Å². The number of nitrogens with one attached hydrogen (secondary N) is 1. The van der Waals surface area contributed by atoms with Crippen molar-refractivity contribution in [3.05, 3.63) is 64.2 Å². The number of ether oxygens (including phenoxy) is 1. The molecule has 0 aliphatic heterocycles. The van der Waals surface area contributed by atoms with Gasteiger partial charge in [0.05, 0.1) is 18.4 Å². The van der Waals surface area contributed by atoms with Gasteiger partial charge in [-0.1, -0.05) is 42.8 Å². The predicted molar refractivity (Wildman–Crippen MR) is 93.5 cm³/mol. The van der Waals surface area contributed by atoms with E-state index in [1.165, 1.54) is 12.7 Å². The van der Waals surface area contributed by atoms with Crippen LogP contribution in [0.4, 0.5) is 0 Å². The average Bonchev–Trinajstić information content (AvgIpc) is 2.59. The Labute approximate surface area is 141 Å². The summed E-state index contributed by atoms with van der Waals surface area (Å²) in [6.45, 7) is 3.95. The lowest BCUT2D eigenvalue weighted by atomic mass is 10.1. The zero-order valence-electron chi connectivity index (χ0n) is 13.4. The molecule has 0 spiro atoms. The van der Waals surface area contributed by atoms with Gasteiger partial charge in [0, 0.05) is 5.02 Å². The summed E-state index contributed by atoms with van der Waals surface area (Å²) in [5.41, 5.74) is 5.82. The number of hydrazone groups is 1. The Morgan fingerprint density at radius 2 is 1.91 bits per heavy atom. The maximum atomic E-state index is 12.3. The molecule has 0 unspecified atom stereocenters. The first-order valence-corrected chi connectivity index (χ1v) is 7.70. The van der Waals surface area contributed by atoms with Crippen LogP contribution in [0.15, 0.2) is 47.6 Å². The number of halogens is 1. The van der Waals surface area contributed by atoms with E-state index in [1.54, 1.807) is 18.2 Å². The summed E-state index contributed by atoms with van der Waals surface area (Å²) in [5, 5.41) is 4.61. The van der Waals surface area contributed by atoms with E-state index in [2.05, 4.69) is 29.6 Å². The summed E-state index contributed by atoms with van der Waals surface area (Å²) in [4.78, 5) is 12.3. The van der Waals surface area contributed by atoms with E-state index < -0.39 is 0 Å². The Kier molecular flexibility index (Phi) is 5.77. The van der Waals surface area contributed by atoms with Crippen LogP contribution in [0.5, 0.6) is 5.75 Å². The molecule has 2 aromatic carbocycles. The first-order chi connectivity index (χ1) is 11.0. The molecule has 5 heteroatoms. The van der Waals surface area contributed by atoms with Crippen molar-refractivity contribution in [3.8, 4) is 5.75 Å². The molecule has 1 N–H and O–H groups in total. The number of amides is 1. The van der Waals surface area contributed by atoms with E-state index in [9.17, 15) is 4.79 Å².